The first-order valence-corrected chi connectivity index (χ1v) is 11.8. The van der Waals surface area contributed by atoms with Crippen molar-refractivity contribution in [3.63, 3.8) is 0 Å². The molecule has 2 amide bonds. The quantitative estimate of drug-likeness (QED) is 0.343. The lowest BCUT2D eigenvalue weighted by Crippen LogP contribution is -2.52. The van der Waals surface area contributed by atoms with Crippen LogP contribution in [0.3, 0.4) is 0 Å². The number of hydrogen-bond acceptors (Lipinski definition) is 4. The number of morpholine rings is 1. The van der Waals surface area contributed by atoms with E-state index in [4.69, 9.17) is 4.74 Å². The number of urea groups is 1. The van der Waals surface area contributed by atoms with Crippen molar-refractivity contribution in [2.75, 3.05) is 37.8 Å². The molecular formula is C23H38N2O4S. The number of carboxylic acids is 1. The summed E-state index contributed by atoms with van der Waals surface area (Å²) in [5, 5.41) is 12.0. The van der Waals surface area contributed by atoms with E-state index < -0.39 is 12.0 Å². The van der Waals surface area contributed by atoms with Gasteiger partial charge >= 0.3 is 12.0 Å². The Hall–Kier alpha value is -1.73. The zero-order valence-corrected chi connectivity index (χ0v) is 19.7. The molecule has 7 heteroatoms. The van der Waals surface area contributed by atoms with Gasteiger partial charge in [-0.1, -0.05) is 34.9 Å². The van der Waals surface area contributed by atoms with Crippen molar-refractivity contribution in [2.24, 2.45) is 0 Å². The van der Waals surface area contributed by atoms with Gasteiger partial charge in [0, 0.05) is 24.6 Å². The number of nitrogens with one attached hydrogen (secondary N) is 1. The topological polar surface area (TPSA) is 78.9 Å². The number of aliphatic carboxylic acids is 1. The Kier molecular flexibility index (Phi) is 13.3. The summed E-state index contributed by atoms with van der Waals surface area (Å²) in [5.74, 6) is 0.0868. The summed E-state index contributed by atoms with van der Waals surface area (Å²) in [5.41, 5.74) is 4.10. The second-order valence-electron chi connectivity index (χ2n) is 7.94. The van der Waals surface area contributed by atoms with Crippen LogP contribution in [0, 0.1) is 0 Å². The standard InChI is InChI=1S/C23H38N2O4S/c1-18(2)7-5-8-19(3)9-6-10-20(4)11-16-30-17-21(22(26)27)24-23(28)25-12-14-29-15-13-25/h7,9,11,21H,5-6,8,10,12-17H2,1-4H3,(H,24,28)(H,26,27)/b19-9+,20-11+. The molecule has 0 aliphatic carbocycles. The summed E-state index contributed by atoms with van der Waals surface area (Å²) in [4.78, 5) is 25.3. The zero-order chi connectivity index (χ0) is 22.4. The molecule has 0 saturated carbocycles. The SMILES string of the molecule is CC(C)=CCC/C(C)=C/CC/C(C)=C/CSCC(NC(=O)N1CCOCC1)C(=O)O. The van der Waals surface area contributed by atoms with Gasteiger partial charge in [-0.25, -0.2) is 9.59 Å². The number of carbonyl (C=O) groups is 2. The Balaban J connectivity index is 2.30. The highest BCUT2D eigenvalue weighted by molar-refractivity contribution is 7.99. The minimum Gasteiger partial charge on any atom is -0.480 e. The van der Waals surface area contributed by atoms with E-state index in [1.807, 2.05) is 0 Å². The molecule has 6 nitrogen and oxygen atoms in total. The van der Waals surface area contributed by atoms with Crippen LogP contribution in [0.2, 0.25) is 0 Å². The average Bonchev–Trinajstić information content (AvgIpc) is 2.70. The predicted molar refractivity (Wildman–Crippen MR) is 125 cm³/mol. The minimum atomic E-state index is -1.00. The van der Waals surface area contributed by atoms with Gasteiger partial charge < -0.3 is 20.1 Å². The molecule has 1 fully saturated rings. The maximum Gasteiger partial charge on any atom is 0.327 e. The van der Waals surface area contributed by atoms with Crippen LogP contribution in [-0.2, 0) is 9.53 Å². The van der Waals surface area contributed by atoms with E-state index >= 15 is 0 Å². The second kappa shape index (κ2) is 15.1. The van der Waals surface area contributed by atoms with Crippen molar-refractivity contribution in [3.8, 4) is 0 Å². The Labute approximate surface area is 185 Å². The number of allylic oxidation sites excluding steroid dienone is 5. The van der Waals surface area contributed by atoms with E-state index in [1.165, 1.54) is 28.5 Å². The van der Waals surface area contributed by atoms with E-state index in [-0.39, 0.29) is 6.03 Å². The first kappa shape index (κ1) is 26.3. The summed E-state index contributed by atoms with van der Waals surface area (Å²) in [6, 6.07) is -1.21. The first-order valence-electron chi connectivity index (χ1n) is 10.7. The largest absolute Gasteiger partial charge is 0.480 e. The first-order chi connectivity index (χ1) is 14.3. The van der Waals surface area contributed by atoms with Crippen molar-refractivity contribution < 1.29 is 19.4 Å². The summed E-state index contributed by atoms with van der Waals surface area (Å²) in [6.07, 6.45) is 11.0. The van der Waals surface area contributed by atoms with Crippen LogP contribution in [0.25, 0.3) is 0 Å². The molecule has 170 valence electrons. The number of amides is 2. The number of hydrogen-bond donors (Lipinski definition) is 2. The van der Waals surface area contributed by atoms with Crippen molar-refractivity contribution in [1.29, 1.82) is 0 Å². The normalized spacial score (nSPS) is 16.2. The molecule has 2 N–H and O–H groups in total. The summed E-state index contributed by atoms with van der Waals surface area (Å²) >= 11 is 1.52. The highest BCUT2D eigenvalue weighted by atomic mass is 32.2. The Morgan fingerprint density at radius 3 is 2.23 bits per heavy atom. The maximum absolute atomic E-state index is 12.2. The molecule has 1 saturated heterocycles. The molecule has 0 aromatic heterocycles. The summed E-state index contributed by atoms with van der Waals surface area (Å²) < 4.78 is 5.22. The number of rotatable bonds is 12. The van der Waals surface area contributed by atoms with E-state index in [1.54, 1.807) is 4.90 Å². The lowest BCUT2D eigenvalue weighted by Gasteiger charge is -2.28. The lowest BCUT2D eigenvalue weighted by atomic mass is 10.1. The van der Waals surface area contributed by atoms with Gasteiger partial charge in [-0.05, 0) is 53.4 Å². The van der Waals surface area contributed by atoms with Crippen molar-refractivity contribution in [3.05, 3.63) is 34.9 Å². The molecule has 1 heterocycles. The Morgan fingerprint density at radius 1 is 1.03 bits per heavy atom. The number of nitrogens with zero attached hydrogens (tertiary/aromatic N) is 1. The van der Waals surface area contributed by atoms with Crippen molar-refractivity contribution in [2.45, 2.75) is 59.4 Å². The predicted octanol–water partition coefficient (Wildman–Crippen LogP) is 4.63. The van der Waals surface area contributed by atoms with Gasteiger partial charge in [-0.15, -0.1) is 0 Å². The highest BCUT2D eigenvalue weighted by Crippen LogP contribution is 2.13. The highest BCUT2D eigenvalue weighted by Gasteiger charge is 2.24. The number of carboxylic acid groups (broad SMARTS) is 1. The van der Waals surface area contributed by atoms with Crippen molar-refractivity contribution in [1.82, 2.24) is 10.2 Å². The number of thioether (sulfide) groups is 1. The molecule has 0 aromatic rings. The number of carbonyl (C=O) groups excluding carboxylic acids is 1. The molecule has 1 rings (SSSR count). The van der Waals surface area contributed by atoms with Crippen LogP contribution < -0.4 is 5.32 Å². The van der Waals surface area contributed by atoms with Gasteiger partial charge in [0.25, 0.3) is 0 Å². The summed E-state index contributed by atoms with van der Waals surface area (Å²) in [6.45, 7) is 10.5. The maximum atomic E-state index is 12.2. The molecule has 1 aliphatic heterocycles. The fourth-order valence-electron chi connectivity index (χ4n) is 2.91. The molecule has 1 unspecified atom stereocenters. The Morgan fingerprint density at radius 2 is 1.63 bits per heavy atom. The molecule has 30 heavy (non-hydrogen) atoms. The van der Waals surface area contributed by atoms with Crippen LogP contribution in [-0.4, -0.2) is 65.9 Å². The van der Waals surface area contributed by atoms with Gasteiger partial charge in [-0.3, -0.25) is 0 Å². The molecule has 1 atom stereocenters. The second-order valence-corrected chi connectivity index (χ2v) is 9.01. The van der Waals surface area contributed by atoms with E-state index in [9.17, 15) is 14.7 Å². The van der Waals surface area contributed by atoms with Gasteiger partial charge in [0.1, 0.15) is 6.04 Å². The third-order valence-corrected chi connectivity index (χ3v) is 5.82. The molecule has 0 bridgehead atoms. The molecule has 1 aliphatic rings. The van der Waals surface area contributed by atoms with Gasteiger partial charge in [-0.2, -0.15) is 11.8 Å². The van der Waals surface area contributed by atoms with Crippen LogP contribution >= 0.6 is 11.8 Å². The van der Waals surface area contributed by atoms with Crippen LogP contribution in [0.15, 0.2) is 34.9 Å². The van der Waals surface area contributed by atoms with Crippen LogP contribution in [0.5, 0.6) is 0 Å². The molecule has 0 radical (unpaired) electrons. The molecule has 0 aromatic carbocycles. The number of ether oxygens (including phenoxy) is 1. The van der Waals surface area contributed by atoms with Gasteiger partial charge in [0.05, 0.1) is 13.2 Å². The van der Waals surface area contributed by atoms with E-state index in [0.717, 1.165) is 31.4 Å². The monoisotopic (exact) mass is 438 g/mol. The van der Waals surface area contributed by atoms with Crippen LogP contribution in [0.4, 0.5) is 4.79 Å². The fourth-order valence-corrected chi connectivity index (χ4v) is 3.91. The Bertz CT molecular complexity index is 633. The fraction of sp³-hybridized carbons (Fsp3) is 0.652. The molecular weight excluding hydrogens is 400 g/mol. The average molecular weight is 439 g/mol. The van der Waals surface area contributed by atoms with Crippen LogP contribution in [0.1, 0.15) is 53.4 Å². The van der Waals surface area contributed by atoms with E-state index in [0.29, 0.717) is 32.1 Å². The minimum absolute atomic E-state index is 0.329. The third-order valence-electron chi connectivity index (χ3n) is 4.85. The molecule has 0 spiro atoms. The van der Waals surface area contributed by atoms with Gasteiger partial charge in [0.2, 0.25) is 0 Å². The third kappa shape index (κ3) is 12.1. The zero-order valence-electron chi connectivity index (χ0n) is 18.9. The van der Waals surface area contributed by atoms with E-state index in [2.05, 4.69) is 51.2 Å². The van der Waals surface area contributed by atoms with Gasteiger partial charge in [0.15, 0.2) is 0 Å². The van der Waals surface area contributed by atoms with Crippen molar-refractivity contribution >= 4 is 23.8 Å². The lowest BCUT2D eigenvalue weighted by molar-refractivity contribution is -0.138. The summed E-state index contributed by atoms with van der Waals surface area (Å²) in [7, 11) is 0. The smallest absolute Gasteiger partial charge is 0.327 e.